The first-order valence-corrected chi connectivity index (χ1v) is 7.30. The van der Waals surface area contributed by atoms with Crippen molar-refractivity contribution in [3.8, 4) is 0 Å². The molecular formula is C14H24F2N2O4. The van der Waals surface area contributed by atoms with Gasteiger partial charge in [-0.15, -0.1) is 0 Å². The topological polar surface area (TPSA) is 59.1 Å². The quantitative estimate of drug-likeness (QED) is 0.738. The van der Waals surface area contributed by atoms with Crippen LogP contribution in [0.5, 0.6) is 0 Å². The van der Waals surface area contributed by atoms with Gasteiger partial charge in [0.15, 0.2) is 0 Å². The lowest BCUT2D eigenvalue weighted by molar-refractivity contribution is -0.174. The summed E-state index contributed by atoms with van der Waals surface area (Å²) in [5, 5.41) is 0. The van der Waals surface area contributed by atoms with Crippen LogP contribution in [0.3, 0.4) is 0 Å². The Labute approximate surface area is 129 Å². The molecule has 0 saturated carbocycles. The fourth-order valence-corrected chi connectivity index (χ4v) is 2.00. The minimum atomic E-state index is -3.54. The Balaban J connectivity index is 2.45. The van der Waals surface area contributed by atoms with Crippen molar-refractivity contribution in [3.05, 3.63) is 0 Å². The second-order valence-corrected chi connectivity index (χ2v) is 6.17. The van der Waals surface area contributed by atoms with Gasteiger partial charge in [0.25, 0.3) is 0 Å². The number of nitrogens with zero attached hydrogens (tertiary/aromatic N) is 2. The largest absolute Gasteiger partial charge is 0.462 e. The highest BCUT2D eigenvalue weighted by Gasteiger charge is 2.43. The maximum atomic E-state index is 13.6. The summed E-state index contributed by atoms with van der Waals surface area (Å²) in [5.74, 6) is -5.05. The van der Waals surface area contributed by atoms with Gasteiger partial charge in [-0.2, -0.15) is 8.78 Å². The Kier molecular flexibility index (Phi) is 6.10. The van der Waals surface area contributed by atoms with Gasteiger partial charge in [-0.25, -0.2) is 9.59 Å². The number of esters is 1. The van der Waals surface area contributed by atoms with E-state index in [-0.39, 0.29) is 32.8 Å². The molecule has 0 aromatic heterocycles. The van der Waals surface area contributed by atoms with Crippen LogP contribution in [-0.4, -0.2) is 72.7 Å². The van der Waals surface area contributed by atoms with Crippen LogP contribution in [0, 0.1) is 0 Å². The van der Waals surface area contributed by atoms with Gasteiger partial charge < -0.3 is 14.4 Å². The van der Waals surface area contributed by atoms with E-state index in [1.54, 1.807) is 20.8 Å². The Bertz CT molecular complexity index is 402. The highest BCUT2D eigenvalue weighted by molar-refractivity contribution is 5.77. The first kappa shape index (κ1) is 18.6. The van der Waals surface area contributed by atoms with E-state index < -0.39 is 30.1 Å². The molecule has 0 atom stereocenters. The molecule has 1 rings (SSSR count). The fourth-order valence-electron chi connectivity index (χ4n) is 2.00. The highest BCUT2D eigenvalue weighted by atomic mass is 19.3. The van der Waals surface area contributed by atoms with Crippen molar-refractivity contribution in [1.29, 1.82) is 0 Å². The lowest BCUT2D eigenvalue weighted by atomic mass is 10.2. The van der Waals surface area contributed by atoms with Crippen molar-refractivity contribution >= 4 is 12.1 Å². The van der Waals surface area contributed by atoms with Crippen molar-refractivity contribution in [2.75, 3.05) is 39.3 Å². The van der Waals surface area contributed by atoms with Crippen molar-refractivity contribution in [2.45, 2.75) is 39.2 Å². The van der Waals surface area contributed by atoms with Gasteiger partial charge >= 0.3 is 18.0 Å². The van der Waals surface area contributed by atoms with Gasteiger partial charge in [0.2, 0.25) is 0 Å². The number of hydrogen-bond donors (Lipinski definition) is 0. The molecule has 1 fully saturated rings. The Hall–Kier alpha value is -1.44. The monoisotopic (exact) mass is 322 g/mol. The summed E-state index contributed by atoms with van der Waals surface area (Å²) >= 11 is 0. The zero-order valence-electron chi connectivity index (χ0n) is 13.5. The zero-order valence-corrected chi connectivity index (χ0v) is 13.5. The lowest BCUT2D eigenvalue weighted by Gasteiger charge is -2.36. The lowest BCUT2D eigenvalue weighted by Crippen LogP contribution is -2.53. The van der Waals surface area contributed by atoms with E-state index in [4.69, 9.17) is 4.74 Å². The molecule has 0 N–H and O–H groups in total. The molecule has 22 heavy (non-hydrogen) atoms. The third kappa shape index (κ3) is 5.75. The number of hydrogen-bond acceptors (Lipinski definition) is 5. The maximum Gasteiger partial charge on any atom is 0.410 e. The summed E-state index contributed by atoms with van der Waals surface area (Å²) in [6.45, 7) is 7.08. The van der Waals surface area contributed by atoms with Gasteiger partial charge in [-0.05, 0) is 27.7 Å². The van der Waals surface area contributed by atoms with Crippen LogP contribution in [0.25, 0.3) is 0 Å². The molecule has 8 heteroatoms. The van der Waals surface area contributed by atoms with Gasteiger partial charge in [0.05, 0.1) is 13.2 Å². The smallest absolute Gasteiger partial charge is 0.410 e. The molecule has 0 aliphatic carbocycles. The molecule has 0 bridgehead atoms. The number of piperazine rings is 1. The summed E-state index contributed by atoms with van der Waals surface area (Å²) in [5.41, 5.74) is -0.592. The number of halogens is 2. The number of amides is 1. The second-order valence-electron chi connectivity index (χ2n) is 6.17. The van der Waals surface area contributed by atoms with E-state index >= 15 is 0 Å². The maximum absolute atomic E-state index is 13.6. The predicted molar refractivity (Wildman–Crippen MR) is 75.8 cm³/mol. The molecular weight excluding hydrogens is 298 g/mol. The minimum Gasteiger partial charge on any atom is -0.462 e. The van der Waals surface area contributed by atoms with Crippen molar-refractivity contribution in [2.24, 2.45) is 0 Å². The van der Waals surface area contributed by atoms with E-state index in [1.807, 2.05) is 0 Å². The Morgan fingerprint density at radius 1 is 1.09 bits per heavy atom. The fraction of sp³-hybridized carbons (Fsp3) is 0.857. The summed E-state index contributed by atoms with van der Waals surface area (Å²) in [7, 11) is 0. The van der Waals surface area contributed by atoms with Gasteiger partial charge in [0, 0.05) is 26.2 Å². The number of ether oxygens (including phenoxy) is 2. The first-order chi connectivity index (χ1) is 10.0. The molecule has 1 aliphatic rings. The second kappa shape index (κ2) is 7.21. The summed E-state index contributed by atoms with van der Waals surface area (Å²) in [6.07, 6.45) is -0.454. The standard InChI is InChI=1S/C14H24F2N2O4/c1-5-21-11(19)14(15,16)10-17-6-8-18(9-7-17)12(20)22-13(2,3)4/h5-10H2,1-4H3. The molecule has 0 unspecified atom stereocenters. The molecule has 0 radical (unpaired) electrons. The van der Waals surface area contributed by atoms with Crippen LogP contribution in [0.15, 0.2) is 0 Å². The van der Waals surface area contributed by atoms with Gasteiger partial charge in [-0.1, -0.05) is 0 Å². The van der Waals surface area contributed by atoms with Gasteiger partial charge in [-0.3, -0.25) is 4.90 Å². The molecule has 1 heterocycles. The summed E-state index contributed by atoms with van der Waals surface area (Å²) < 4.78 is 36.9. The SMILES string of the molecule is CCOC(=O)C(F)(F)CN1CCN(C(=O)OC(C)(C)C)CC1. The molecule has 0 aromatic rings. The van der Waals surface area contributed by atoms with E-state index in [0.29, 0.717) is 0 Å². The average molecular weight is 322 g/mol. The summed E-state index contributed by atoms with van der Waals surface area (Å²) in [4.78, 5) is 26.0. The Morgan fingerprint density at radius 3 is 2.09 bits per heavy atom. The molecule has 0 aromatic carbocycles. The molecule has 1 amide bonds. The van der Waals surface area contributed by atoms with Crippen LogP contribution < -0.4 is 0 Å². The van der Waals surface area contributed by atoms with Crippen molar-refractivity contribution < 1.29 is 27.8 Å². The van der Waals surface area contributed by atoms with Crippen LogP contribution in [-0.2, 0) is 14.3 Å². The molecule has 1 aliphatic heterocycles. The third-order valence-electron chi connectivity index (χ3n) is 3.02. The minimum absolute atomic E-state index is 0.0825. The highest BCUT2D eigenvalue weighted by Crippen LogP contribution is 2.19. The molecule has 1 saturated heterocycles. The van der Waals surface area contributed by atoms with E-state index in [1.165, 1.54) is 16.7 Å². The third-order valence-corrected chi connectivity index (χ3v) is 3.02. The average Bonchev–Trinajstić information content (AvgIpc) is 2.37. The molecule has 6 nitrogen and oxygen atoms in total. The van der Waals surface area contributed by atoms with E-state index in [9.17, 15) is 18.4 Å². The summed E-state index contributed by atoms with van der Waals surface area (Å²) in [6, 6.07) is 0. The van der Waals surface area contributed by atoms with Crippen LogP contribution in [0.4, 0.5) is 13.6 Å². The van der Waals surface area contributed by atoms with Crippen LogP contribution in [0.1, 0.15) is 27.7 Å². The number of carbonyl (C=O) groups is 2. The van der Waals surface area contributed by atoms with Crippen molar-refractivity contribution in [3.63, 3.8) is 0 Å². The molecule has 128 valence electrons. The normalized spacial score (nSPS) is 17.3. The number of rotatable bonds is 4. The van der Waals surface area contributed by atoms with E-state index in [0.717, 1.165) is 0 Å². The molecule has 0 spiro atoms. The number of alkyl halides is 2. The van der Waals surface area contributed by atoms with Crippen LogP contribution in [0.2, 0.25) is 0 Å². The Morgan fingerprint density at radius 2 is 1.64 bits per heavy atom. The van der Waals surface area contributed by atoms with Gasteiger partial charge in [0.1, 0.15) is 5.60 Å². The van der Waals surface area contributed by atoms with E-state index in [2.05, 4.69) is 4.74 Å². The zero-order chi connectivity index (χ0) is 17.0. The van der Waals surface area contributed by atoms with Crippen molar-refractivity contribution in [1.82, 2.24) is 9.80 Å². The predicted octanol–water partition coefficient (Wildman–Crippen LogP) is 1.74. The first-order valence-electron chi connectivity index (χ1n) is 7.30. The van der Waals surface area contributed by atoms with Crippen LogP contribution >= 0.6 is 0 Å². The number of carbonyl (C=O) groups excluding carboxylic acids is 2.